The van der Waals surface area contributed by atoms with Crippen LogP contribution in [0.1, 0.15) is 23.1 Å². The molecule has 1 unspecified atom stereocenters. The molecule has 3 heterocycles. The van der Waals surface area contributed by atoms with Crippen LogP contribution in [0.3, 0.4) is 0 Å². The van der Waals surface area contributed by atoms with Gasteiger partial charge in [0.25, 0.3) is 0 Å². The van der Waals surface area contributed by atoms with Crippen LogP contribution in [0.5, 0.6) is 0 Å². The van der Waals surface area contributed by atoms with Gasteiger partial charge in [-0.15, -0.1) is 0 Å². The van der Waals surface area contributed by atoms with Crippen LogP contribution in [0.15, 0.2) is 67.0 Å². The van der Waals surface area contributed by atoms with Crippen LogP contribution < -0.4 is 5.73 Å². The first kappa shape index (κ1) is 17.3. The van der Waals surface area contributed by atoms with E-state index in [0.717, 1.165) is 33.7 Å². The van der Waals surface area contributed by atoms with Crippen LogP contribution in [0.2, 0.25) is 0 Å². The van der Waals surface area contributed by atoms with Crippen molar-refractivity contribution in [2.75, 3.05) is 6.61 Å². The highest BCUT2D eigenvalue weighted by atomic mass is 16.3. The van der Waals surface area contributed by atoms with Crippen molar-refractivity contribution in [2.24, 2.45) is 5.73 Å². The Hall–Kier alpha value is -3.09. The van der Waals surface area contributed by atoms with Crippen molar-refractivity contribution < 1.29 is 5.11 Å². The summed E-state index contributed by atoms with van der Waals surface area (Å²) in [7, 11) is 0. The van der Waals surface area contributed by atoms with Gasteiger partial charge in [-0.25, -0.2) is 4.68 Å². The lowest BCUT2D eigenvalue weighted by molar-refractivity contribution is 0.298. The first-order valence-electron chi connectivity index (χ1n) is 8.95. The quantitative estimate of drug-likeness (QED) is 0.552. The Morgan fingerprint density at radius 3 is 2.74 bits per heavy atom. The molecule has 3 N–H and O–H groups in total. The van der Waals surface area contributed by atoms with Gasteiger partial charge in [0.05, 0.1) is 29.1 Å². The zero-order valence-electron chi connectivity index (χ0n) is 14.9. The standard InChI is InChI=1S/C21H21N5O/c22-18(13-17-7-3-6-16(25-17)10-12-27)21-20(9-4-11-23-21)26-19-8-2-1-5-15(19)14-24-26/h1-9,11,14,18,27H,10,12-13,22H2. The normalized spacial score (nSPS) is 12.4. The molecule has 0 amide bonds. The van der Waals surface area contributed by atoms with Crippen LogP contribution >= 0.6 is 0 Å². The molecule has 0 spiro atoms. The molecule has 0 saturated carbocycles. The fourth-order valence-electron chi connectivity index (χ4n) is 3.26. The molecule has 0 fully saturated rings. The number of aliphatic hydroxyl groups is 1. The lowest BCUT2D eigenvalue weighted by atomic mass is 10.1. The van der Waals surface area contributed by atoms with E-state index in [1.165, 1.54) is 0 Å². The summed E-state index contributed by atoms with van der Waals surface area (Å²) in [6.45, 7) is 0.0826. The minimum absolute atomic E-state index is 0.0826. The summed E-state index contributed by atoms with van der Waals surface area (Å²) in [5, 5.41) is 14.7. The Bertz CT molecular complexity index is 1060. The van der Waals surface area contributed by atoms with Gasteiger partial charge in [0.2, 0.25) is 0 Å². The highest BCUT2D eigenvalue weighted by molar-refractivity contribution is 5.80. The van der Waals surface area contributed by atoms with Gasteiger partial charge in [-0.2, -0.15) is 5.10 Å². The first-order chi connectivity index (χ1) is 13.3. The highest BCUT2D eigenvalue weighted by Crippen LogP contribution is 2.24. The topological polar surface area (TPSA) is 89.9 Å². The molecule has 6 heteroatoms. The Labute approximate surface area is 157 Å². The number of aliphatic hydroxyl groups excluding tert-OH is 1. The van der Waals surface area contributed by atoms with Crippen molar-refractivity contribution in [3.8, 4) is 5.69 Å². The van der Waals surface area contributed by atoms with E-state index >= 15 is 0 Å². The van der Waals surface area contributed by atoms with Crippen LogP contribution in [-0.2, 0) is 12.8 Å². The third-order valence-electron chi connectivity index (χ3n) is 4.53. The molecule has 0 aliphatic heterocycles. The number of fused-ring (bicyclic) bond motifs is 1. The van der Waals surface area contributed by atoms with E-state index in [4.69, 9.17) is 10.8 Å². The Morgan fingerprint density at radius 1 is 1.00 bits per heavy atom. The maximum atomic E-state index is 9.11. The van der Waals surface area contributed by atoms with Gasteiger partial charge in [-0.05, 0) is 30.3 Å². The molecule has 27 heavy (non-hydrogen) atoms. The largest absolute Gasteiger partial charge is 0.396 e. The average molecular weight is 359 g/mol. The molecule has 6 nitrogen and oxygen atoms in total. The predicted octanol–water partition coefficient (Wildman–Crippen LogP) is 2.59. The third kappa shape index (κ3) is 3.58. The van der Waals surface area contributed by atoms with E-state index in [1.54, 1.807) is 6.20 Å². The highest BCUT2D eigenvalue weighted by Gasteiger charge is 2.17. The molecule has 4 rings (SSSR count). The number of pyridine rings is 2. The molecule has 3 aromatic heterocycles. The third-order valence-corrected chi connectivity index (χ3v) is 4.53. The maximum Gasteiger partial charge on any atom is 0.0884 e. The molecule has 0 aliphatic carbocycles. The molecule has 0 bridgehead atoms. The molecule has 1 aromatic carbocycles. The van der Waals surface area contributed by atoms with Crippen molar-refractivity contribution in [3.05, 3.63) is 84.1 Å². The summed E-state index contributed by atoms with van der Waals surface area (Å²) in [6.07, 6.45) is 4.69. The van der Waals surface area contributed by atoms with Gasteiger partial charge in [0.15, 0.2) is 0 Å². The summed E-state index contributed by atoms with van der Waals surface area (Å²) >= 11 is 0. The maximum absolute atomic E-state index is 9.11. The molecule has 4 aromatic rings. The van der Waals surface area contributed by atoms with E-state index in [1.807, 2.05) is 65.5 Å². The Morgan fingerprint density at radius 2 is 1.85 bits per heavy atom. The van der Waals surface area contributed by atoms with E-state index in [9.17, 15) is 0 Å². The van der Waals surface area contributed by atoms with Crippen molar-refractivity contribution in [2.45, 2.75) is 18.9 Å². The fourth-order valence-corrected chi connectivity index (χ4v) is 3.26. The van der Waals surface area contributed by atoms with Gasteiger partial charge in [0, 0.05) is 42.4 Å². The average Bonchev–Trinajstić information content (AvgIpc) is 3.12. The number of rotatable bonds is 6. The summed E-state index contributed by atoms with van der Waals surface area (Å²) in [5.41, 5.74) is 10.9. The number of hydrogen-bond donors (Lipinski definition) is 2. The van der Waals surface area contributed by atoms with Crippen LogP contribution in [0.4, 0.5) is 0 Å². The number of nitrogens with two attached hydrogens (primary N) is 1. The monoisotopic (exact) mass is 359 g/mol. The van der Waals surface area contributed by atoms with Gasteiger partial charge in [0.1, 0.15) is 0 Å². The molecule has 0 saturated heterocycles. The molecule has 1 atom stereocenters. The summed E-state index contributed by atoms with van der Waals surface area (Å²) in [5.74, 6) is 0. The lowest BCUT2D eigenvalue weighted by Gasteiger charge is -2.16. The zero-order valence-corrected chi connectivity index (χ0v) is 14.9. The van der Waals surface area contributed by atoms with E-state index in [-0.39, 0.29) is 12.6 Å². The number of hydrogen-bond acceptors (Lipinski definition) is 5. The Balaban J connectivity index is 1.67. The van der Waals surface area contributed by atoms with Crippen molar-refractivity contribution in [1.82, 2.24) is 19.7 Å². The van der Waals surface area contributed by atoms with Gasteiger partial charge < -0.3 is 10.8 Å². The zero-order chi connectivity index (χ0) is 18.6. The fraction of sp³-hybridized carbons (Fsp3) is 0.190. The molecular weight excluding hydrogens is 338 g/mol. The van der Waals surface area contributed by atoms with Gasteiger partial charge in [-0.3, -0.25) is 9.97 Å². The van der Waals surface area contributed by atoms with E-state index in [2.05, 4.69) is 15.1 Å². The smallest absolute Gasteiger partial charge is 0.0884 e. The second-order valence-electron chi connectivity index (χ2n) is 6.43. The number of aromatic nitrogens is 4. The molecule has 136 valence electrons. The van der Waals surface area contributed by atoms with E-state index < -0.39 is 0 Å². The lowest BCUT2D eigenvalue weighted by Crippen LogP contribution is -2.19. The van der Waals surface area contributed by atoms with Gasteiger partial charge >= 0.3 is 0 Å². The molecular formula is C21H21N5O. The second-order valence-corrected chi connectivity index (χ2v) is 6.43. The minimum atomic E-state index is -0.318. The predicted molar refractivity (Wildman–Crippen MR) is 105 cm³/mol. The number of benzene rings is 1. The van der Waals surface area contributed by atoms with Crippen molar-refractivity contribution >= 4 is 10.9 Å². The van der Waals surface area contributed by atoms with Crippen LogP contribution in [0.25, 0.3) is 16.6 Å². The van der Waals surface area contributed by atoms with Crippen molar-refractivity contribution in [3.63, 3.8) is 0 Å². The van der Waals surface area contributed by atoms with E-state index in [0.29, 0.717) is 12.8 Å². The molecule has 0 aliphatic rings. The molecule has 0 radical (unpaired) electrons. The summed E-state index contributed by atoms with van der Waals surface area (Å²) in [6, 6.07) is 17.4. The van der Waals surface area contributed by atoms with Crippen LogP contribution in [-0.4, -0.2) is 31.5 Å². The van der Waals surface area contributed by atoms with Crippen molar-refractivity contribution in [1.29, 1.82) is 0 Å². The van der Waals surface area contributed by atoms with Gasteiger partial charge in [-0.1, -0.05) is 24.3 Å². The summed E-state index contributed by atoms with van der Waals surface area (Å²) in [4.78, 5) is 9.12. The second kappa shape index (κ2) is 7.65. The SMILES string of the molecule is NC(Cc1cccc(CCO)n1)c1ncccc1-n1ncc2ccccc21. The Kier molecular flexibility index (Phi) is 4.91. The number of nitrogens with zero attached hydrogens (tertiary/aromatic N) is 4. The first-order valence-corrected chi connectivity index (χ1v) is 8.95. The summed E-state index contributed by atoms with van der Waals surface area (Å²) < 4.78 is 1.88. The number of para-hydroxylation sites is 1. The van der Waals surface area contributed by atoms with Crippen LogP contribution in [0, 0.1) is 0 Å². The minimum Gasteiger partial charge on any atom is -0.396 e.